The number of hydrogen-bond donors (Lipinski definition) is 3. The van der Waals surface area contributed by atoms with Crippen molar-refractivity contribution in [2.24, 2.45) is 0 Å². The molecular formula is C18H22NO9S3+. The van der Waals surface area contributed by atoms with Crippen LogP contribution in [0.4, 0.5) is 5.69 Å². The van der Waals surface area contributed by atoms with Crippen LogP contribution in [0.3, 0.4) is 0 Å². The molecule has 0 amide bonds. The molecule has 13 heteroatoms. The van der Waals surface area contributed by atoms with Crippen LogP contribution < -0.4 is 0 Å². The zero-order chi connectivity index (χ0) is 22.8. The average molecular weight is 493 g/mol. The van der Waals surface area contributed by atoms with Gasteiger partial charge < -0.3 is 0 Å². The fourth-order valence-electron chi connectivity index (χ4n) is 3.84. The third-order valence-electron chi connectivity index (χ3n) is 5.41. The summed E-state index contributed by atoms with van der Waals surface area (Å²) in [6.45, 7) is 6.75. The molecule has 31 heavy (non-hydrogen) atoms. The van der Waals surface area contributed by atoms with Gasteiger partial charge in [-0.3, -0.25) is 4.55 Å². The molecule has 1 heterocycles. The molecule has 1 aliphatic heterocycles. The van der Waals surface area contributed by atoms with E-state index in [0.29, 0.717) is 40.0 Å². The molecule has 1 aliphatic rings. The third kappa shape index (κ3) is 4.90. The molecule has 0 fully saturated rings. The van der Waals surface area contributed by atoms with Gasteiger partial charge in [0.2, 0.25) is 5.69 Å². The summed E-state index contributed by atoms with van der Waals surface area (Å²) in [4.78, 5) is 0.0633. The molecule has 0 saturated carbocycles. The summed E-state index contributed by atoms with van der Waals surface area (Å²) in [5.41, 5.74) is 2.46. The van der Waals surface area contributed by atoms with E-state index in [1.807, 2.05) is 32.9 Å². The van der Waals surface area contributed by atoms with Gasteiger partial charge in [-0.15, -0.1) is 8.67 Å². The largest absolute Gasteiger partial charge is 0.294 e. The molecule has 2 aromatic carbocycles. The van der Waals surface area contributed by atoms with Crippen LogP contribution in [0, 0.1) is 0 Å². The monoisotopic (exact) mass is 492 g/mol. The van der Waals surface area contributed by atoms with Gasteiger partial charge in [0.1, 0.15) is 6.54 Å². The highest BCUT2D eigenvalue weighted by Crippen LogP contribution is 2.46. The second-order valence-corrected chi connectivity index (χ2v) is 10.3. The summed E-state index contributed by atoms with van der Waals surface area (Å²) in [5, 5.41) is 25.3. The maximum Gasteiger partial charge on any atom is 0.294 e. The molecule has 170 valence electrons. The van der Waals surface area contributed by atoms with E-state index >= 15 is 0 Å². The van der Waals surface area contributed by atoms with Crippen LogP contribution in [0.1, 0.15) is 32.8 Å². The minimum absolute atomic E-state index is 0.290. The number of hydrogen-bond acceptors (Lipinski definition) is 10. The minimum Gasteiger partial charge on any atom is -0.282 e. The molecule has 0 saturated heterocycles. The average Bonchev–Trinajstić information content (AvgIpc) is 2.91. The van der Waals surface area contributed by atoms with Gasteiger partial charge in [-0.25, -0.2) is 10.5 Å². The van der Waals surface area contributed by atoms with E-state index in [2.05, 4.69) is 23.3 Å². The molecule has 0 aromatic heterocycles. The first-order valence-electron chi connectivity index (χ1n) is 9.07. The molecule has 0 aliphatic carbocycles. The lowest BCUT2D eigenvalue weighted by atomic mass is 9.80. The van der Waals surface area contributed by atoms with Gasteiger partial charge in [0.25, 0.3) is 10.1 Å². The van der Waals surface area contributed by atoms with Crippen LogP contribution in [0.2, 0.25) is 0 Å². The summed E-state index contributed by atoms with van der Waals surface area (Å²) >= 11 is 1.62. The maximum absolute atomic E-state index is 11.9. The van der Waals surface area contributed by atoms with Crippen molar-refractivity contribution in [3.63, 3.8) is 0 Å². The highest BCUT2D eigenvalue weighted by molar-refractivity contribution is 7.95. The van der Waals surface area contributed by atoms with E-state index in [4.69, 9.17) is 10.5 Å². The molecule has 2 aromatic rings. The molecule has 0 bridgehead atoms. The van der Waals surface area contributed by atoms with Crippen molar-refractivity contribution in [3.05, 3.63) is 29.8 Å². The van der Waals surface area contributed by atoms with Crippen molar-refractivity contribution in [3.8, 4) is 0 Å². The Bertz CT molecular complexity index is 1120. The van der Waals surface area contributed by atoms with Crippen LogP contribution in [0.5, 0.6) is 0 Å². The minimum atomic E-state index is -4.49. The SMILES string of the molecule is CC1=[N+](CCCSOOO)c2ccc3c(SOOO)cc(S(=O)(=O)O)cc3c2C1(C)C. The summed E-state index contributed by atoms with van der Waals surface area (Å²) in [6.07, 6.45) is 0.729. The van der Waals surface area contributed by atoms with Gasteiger partial charge in [0.05, 0.1) is 22.4 Å². The van der Waals surface area contributed by atoms with Gasteiger partial charge in [-0.05, 0) is 42.8 Å². The number of fused-ring (bicyclic) bond motifs is 3. The Morgan fingerprint density at radius 2 is 1.81 bits per heavy atom. The summed E-state index contributed by atoms with van der Waals surface area (Å²) < 4.78 is 44.5. The molecule has 3 rings (SSSR count). The highest BCUT2D eigenvalue weighted by Gasteiger charge is 2.44. The van der Waals surface area contributed by atoms with Crippen LogP contribution in [-0.4, -0.2) is 46.1 Å². The van der Waals surface area contributed by atoms with Gasteiger partial charge in [0.15, 0.2) is 5.71 Å². The number of benzene rings is 2. The molecule has 0 atom stereocenters. The van der Waals surface area contributed by atoms with Gasteiger partial charge in [0, 0.05) is 47.7 Å². The van der Waals surface area contributed by atoms with Crippen molar-refractivity contribution in [2.45, 2.75) is 42.4 Å². The normalized spacial score (nSPS) is 15.7. The van der Waals surface area contributed by atoms with Gasteiger partial charge in [-0.1, -0.05) is 10.1 Å². The molecule has 3 N–H and O–H groups in total. The van der Waals surface area contributed by atoms with E-state index < -0.39 is 15.5 Å². The molecule has 10 nitrogen and oxygen atoms in total. The van der Waals surface area contributed by atoms with Crippen LogP contribution >= 0.6 is 24.1 Å². The second kappa shape index (κ2) is 9.70. The Morgan fingerprint density at radius 3 is 2.45 bits per heavy atom. The van der Waals surface area contributed by atoms with Crippen molar-refractivity contribution in [1.29, 1.82) is 0 Å². The predicted molar refractivity (Wildman–Crippen MR) is 115 cm³/mol. The standard InChI is InChI=1S/C18H21NO9S3/c1-11-18(2,3)17-14-9-12(31(22,23)24)10-16(30-28-26-21)13(14)5-6-15(17)19(11)7-4-8-29-27-25-20/h5-6,9-10H,4,7-8H2,1-3H3,(H2-,20,21,22,23,24)/p+1. The van der Waals surface area contributed by atoms with E-state index in [-0.39, 0.29) is 4.90 Å². The lowest BCUT2D eigenvalue weighted by Crippen LogP contribution is -2.27. The molecule has 0 radical (unpaired) electrons. The Kier molecular flexibility index (Phi) is 7.63. The Morgan fingerprint density at radius 1 is 1.10 bits per heavy atom. The molecule has 0 unspecified atom stereocenters. The van der Waals surface area contributed by atoms with Crippen LogP contribution in [-0.2, 0) is 34.3 Å². The first kappa shape index (κ1) is 24.4. The van der Waals surface area contributed by atoms with Crippen molar-refractivity contribution in [1.82, 2.24) is 0 Å². The number of rotatable bonds is 10. The Balaban J connectivity index is 2.13. The lowest BCUT2D eigenvalue weighted by Gasteiger charge is -2.18. The first-order chi connectivity index (χ1) is 14.6. The molecular weight excluding hydrogens is 470 g/mol. The van der Waals surface area contributed by atoms with Crippen LogP contribution in [0.25, 0.3) is 10.8 Å². The van der Waals surface area contributed by atoms with E-state index in [9.17, 15) is 13.0 Å². The third-order valence-corrected chi connectivity index (χ3v) is 7.50. The fourth-order valence-corrected chi connectivity index (χ4v) is 5.35. The van der Waals surface area contributed by atoms with Gasteiger partial charge in [-0.2, -0.15) is 13.0 Å². The maximum atomic E-state index is 11.9. The zero-order valence-electron chi connectivity index (χ0n) is 16.9. The van der Waals surface area contributed by atoms with Crippen molar-refractivity contribution >= 4 is 56.4 Å². The number of nitrogens with zero attached hydrogens (tertiary/aromatic N) is 1. The second-order valence-electron chi connectivity index (χ2n) is 7.36. The van der Waals surface area contributed by atoms with E-state index in [1.54, 1.807) is 0 Å². The van der Waals surface area contributed by atoms with E-state index in [0.717, 1.165) is 35.4 Å². The Labute approximate surface area is 187 Å². The quantitative estimate of drug-likeness (QED) is 0.109. The zero-order valence-corrected chi connectivity index (χ0v) is 19.3. The van der Waals surface area contributed by atoms with Crippen LogP contribution in [0.15, 0.2) is 34.1 Å². The highest BCUT2D eigenvalue weighted by atomic mass is 32.2. The van der Waals surface area contributed by atoms with Gasteiger partial charge >= 0.3 is 0 Å². The lowest BCUT2D eigenvalue weighted by molar-refractivity contribution is -0.439. The topological polar surface area (TPSA) is 135 Å². The van der Waals surface area contributed by atoms with Crippen molar-refractivity contribution < 1.29 is 46.8 Å². The smallest absolute Gasteiger partial charge is 0.282 e. The van der Waals surface area contributed by atoms with E-state index in [1.165, 1.54) is 12.1 Å². The predicted octanol–water partition coefficient (Wildman–Crippen LogP) is 4.37. The Hall–Kier alpha value is -1.26. The van der Waals surface area contributed by atoms with Crippen molar-refractivity contribution in [2.75, 3.05) is 12.3 Å². The summed E-state index contributed by atoms with van der Waals surface area (Å²) in [7, 11) is -4.49. The fraction of sp³-hybridized carbons (Fsp3) is 0.389. The summed E-state index contributed by atoms with van der Waals surface area (Å²) in [5.74, 6) is 0.583. The first-order valence-corrected chi connectivity index (χ1v) is 12.2. The molecule has 0 spiro atoms. The summed E-state index contributed by atoms with van der Waals surface area (Å²) in [6, 6.07) is 6.45.